The summed E-state index contributed by atoms with van der Waals surface area (Å²) in [4.78, 5) is 10.4. The van der Waals surface area contributed by atoms with E-state index in [2.05, 4.69) is 49.0 Å². The van der Waals surface area contributed by atoms with E-state index in [1.54, 1.807) is 23.5 Å². The van der Waals surface area contributed by atoms with E-state index in [9.17, 15) is 9.46 Å². The molecule has 0 aliphatic heterocycles. The standard InChI is InChI=1S/C38H58NO6PS/c1-5-6-7-8-9-10-11-12-13-14-15-16-19-33-20-17-22-35(27-33)43-30-37(42-4)31-44-46(40,41)45-36-23-18-21-34(28-36)29-39-24-25-47-38(39)26-32(2)3/h17-18,20-25,27-28,32,37H,5-16,19,26,29-31H2,1-4H3/p+1. The van der Waals surface area contributed by atoms with Crippen molar-refractivity contribution in [3.05, 3.63) is 76.2 Å². The number of ether oxygens (including phenoxy) is 2. The molecule has 2 aromatic carbocycles. The second kappa shape index (κ2) is 22.4. The zero-order chi connectivity index (χ0) is 33.7. The zero-order valence-corrected chi connectivity index (χ0v) is 31.0. The maximum atomic E-state index is 12.8. The lowest BCUT2D eigenvalue weighted by Crippen LogP contribution is -2.36. The molecule has 3 rings (SSSR count). The van der Waals surface area contributed by atoms with Gasteiger partial charge in [0, 0.05) is 19.1 Å². The van der Waals surface area contributed by atoms with Gasteiger partial charge in [-0.05, 0) is 48.6 Å². The minimum absolute atomic E-state index is 0.147. The van der Waals surface area contributed by atoms with Crippen molar-refractivity contribution in [1.29, 1.82) is 0 Å². The molecule has 1 aromatic heterocycles. The molecule has 0 saturated heterocycles. The van der Waals surface area contributed by atoms with Gasteiger partial charge < -0.3 is 14.0 Å². The minimum atomic E-state index is -4.38. The molecule has 262 valence electrons. The first kappa shape index (κ1) is 39.2. The zero-order valence-electron chi connectivity index (χ0n) is 29.2. The van der Waals surface area contributed by atoms with Gasteiger partial charge in [-0.25, -0.2) is 4.57 Å². The van der Waals surface area contributed by atoms with Gasteiger partial charge in [0.2, 0.25) is 5.01 Å². The van der Waals surface area contributed by atoms with Gasteiger partial charge in [-0.1, -0.05) is 127 Å². The predicted molar refractivity (Wildman–Crippen MR) is 193 cm³/mol. The Morgan fingerprint density at radius 1 is 0.830 bits per heavy atom. The summed E-state index contributed by atoms with van der Waals surface area (Å²) in [5.41, 5.74) is 2.23. The number of phosphoric ester groups is 1. The summed E-state index contributed by atoms with van der Waals surface area (Å²) in [5.74, 6) is 1.60. The Balaban J connectivity index is 1.35. The lowest BCUT2D eigenvalue weighted by molar-refractivity contribution is -0.690. The summed E-state index contributed by atoms with van der Waals surface area (Å²) < 4.78 is 37.2. The molecule has 0 aliphatic carbocycles. The second-order valence-electron chi connectivity index (χ2n) is 13.0. The van der Waals surface area contributed by atoms with Crippen LogP contribution in [-0.4, -0.2) is 31.3 Å². The van der Waals surface area contributed by atoms with Crippen LogP contribution in [-0.2, 0) is 33.2 Å². The average Bonchev–Trinajstić information content (AvgIpc) is 3.47. The van der Waals surface area contributed by atoms with E-state index in [-0.39, 0.29) is 19.0 Å². The Kier molecular flexibility index (Phi) is 18.7. The van der Waals surface area contributed by atoms with Crippen molar-refractivity contribution in [3.8, 4) is 11.5 Å². The number of phosphoric acid groups is 1. The highest BCUT2D eigenvalue weighted by Gasteiger charge is 2.26. The highest BCUT2D eigenvalue weighted by Crippen LogP contribution is 2.44. The Bertz CT molecular complexity index is 1310. The van der Waals surface area contributed by atoms with Gasteiger partial charge in [-0.2, -0.15) is 4.57 Å². The van der Waals surface area contributed by atoms with Crippen molar-refractivity contribution >= 4 is 19.2 Å². The van der Waals surface area contributed by atoms with Crippen LogP contribution in [0.3, 0.4) is 0 Å². The van der Waals surface area contributed by atoms with Crippen molar-refractivity contribution in [2.75, 3.05) is 20.3 Å². The van der Waals surface area contributed by atoms with Gasteiger partial charge >= 0.3 is 7.82 Å². The summed E-state index contributed by atoms with van der Waals surface area (Å²) in [6, 6.07) is 15.4. The lowest BCUT2D eigenvalue weighted by atomic mass is 10.0. The van der Waals surface area contributed by atoms with Crippen LogP contribution in [0.15, 0.2) is 60.1 Å². The summed E-state index contributed by atoms with van der Waals surface area (Å²) in [5, 5.41) is 3.38. The minimum Gasteiger partial charge on any atom is -0.491 e. The van der Waals surface area contributed by atoms with Gasteiger partial charge in [0.15, 0.2) is 12.7 Å². The van der Waals surface area contributed by atoms with Gasteiger partial charge in [0.1, 0.15) is 24.2 Å². The van der Waals surface area contributed by atoms with Crippen molar-refractivity contribution in [2.24, 2.45) is 5.92 Å². The van der Waals surface area contributed by atoms with Gasteiger partial charge in [-0.15, -0.1) is 0 Å². The van der Waals surface area contributed by atoms with Crippen LogP contribution < -0.4 is 13.8 Å². The van der Waals surface area contributed by atoms with Crippen LogP contribution in [0.5, 0.6) is 11.5 Å². The molecule has 1 N–H and O–H groups in total. The quantitative estimate of drug-likeness (QED) is 0.0514. The lowest BCUT2D eigenvalue weighted by Gasteiger charge is -2.19. The van der Waals surface area contributed by atoms with Crippen LogP contribution in [0.4, 0.5) is 0 Å². The van der Waals surface area contributed by atoms with Crippen molar-refractivity contribution in [3.63, 3.8) is 0 Å². The third-order valence-electron chi connectivity index (χ3n) is 8.23. The first-order valence-electron chi connectivity index (χ1n) is 17.7. The molecule has 0 spiro atoms. The fourth-order valence-corrected chi connectivity index (χ4v) is 7.40. The molecule has 7 nitrogen and oxygen atoms in total. The normalized spacial score (nSPS) is 13.5. The molecular weight excluding hydrogens is 629 g/mol. The van der Waals surface area contributed by atoms with E-state index in [0.717, 1.165) is 24.2 Å². The summed E-state index contributed by atoms with van der Waals surface area (Å²) in [6.45, 7) is 7.37. The Hall–Kier alpha value is -2.22. The summed E-state index contributed by atoms with van der Waals surface area (Å²) in [7, 11) is -2.85. The molecule has 0 bridgehead atoms. The Labute approximate surface area is 288 Å². The Morgan fingerprint density at radius 3 is 2.11 bits per heavy atom. The maximum absolute atomic E-state index is 12.8. The smallest absolute Gasteiger partial charge is 0.491 e. The first-order chi connectivity index (χ1) is 22.8. The number of hydrogen-bond acceptors (Lipinski definition) is 6. The fraction of sp³-hybridized carbons (Fsp3) is 0.605. The predicted octanol–water partition coefficient (Wildman–Crippen LogP) is 10.1. The number of unbranched alkanes of at least 4 members (excludes halogenated alkanes) is 11. The third-order valence-corrected chi connectivity index (χ3v) is 10.1. The van der Waals surface area contributed by atoms with Gasteiger partial charge in [0.25, 0.3) is 0 Å². The van der Waals surface area contributed by atoms with Crippen LogP contribution in [0, 0.1) is 5.92 Å². The van der Waals surface area contributed by atoms with Crippen molar-refractivity contribution in [2.45, 2.75) is 123 Å². The topological polar surface area (TPSA) is 78.1 Å². The van der Waals surface area contributed by atoms with Gasteiger partial charge in [-0.3, -0.25) is 9.42 Å². The monoisotopic (exact) mass is 688 g/mol. The molecule has 9 heteroatoms. The highest BCUT2D eigenvalue weighted by molar-refractivity contribution is 7.47. The highest BCUT2D eigenvalue weighted by atomic mass is 32.1. The van der Waals surface area contributed by atoms with E-state index in [4.69, 9.17) is 18.5 Å². The van der Waals surface area contributed by atoms with E-state index in [1.807, 2.05) is 24.3 Å². The first-order valence-corrected chi connectivity index (χ1v) is 20.1. The molecule has 47 heavy (non-hydrogen) atoms. The number of aryl methyl sites for hydroxylation is 1. The van der Waals surface area contributed by atoms with E-state index < -0.39 is 13.9 Å². The molecular formula is C38H59NO6PS+. The van der Waals surface area contributed by atoms with Gasteiger partial charge in [0.05, 0.1) is 12.0 Å². The van der Waals surface area contributed by atoms with Crippen LogP contribution in [0.25, 0.3) is 0 Å². The largest absolute Gasteiger partial charge is 0.527 e. The average molecular weight is 689 g/mol. The molecule has 0 aliphatic rings. The molecule has 3 aromatic rings. The maximum Gasteiger partial charge on any atom is 0.527 e. The number of rotatable bonds is 26. The van der Waals surface area contributed by atoms with Crippen LogP contribution in [0.1, 0.15) is 114 Å². The second-order valence-corrected chi connectivity index (χ2v) is 15.3. The molecule has 0 amide bonds. The number of aromatic nitrogens is 1. The van der Waals surface area contributed by atoms with E-state index in [0.29, 0.717) is 12.5 Å². The number of thiazole rings is 1. The SMILES string of the molecule is CCCCCCCCCCCCCCc1cccc(OCC(COP(=O)(O)Oc2cccc(C[n+]3ccsc3CC(C)C)c2)OC)c1. The molecule has 0 saturated carbocycles. The molecule has 0 fully saturated rings. The summed E-state index contributed by atoms with van der Waals surface area (Å²) >= 11 is 1.74. The van der Waals surface area contributed by atoms with E-state index >= 15 is 0 Å². The molecule has 0 radical (unpaired) electrons. The molecule has 1 heterocycles. The molecule has 2 unspecified atom stereocenters. The Morgan fingerprint density at radius 2 is 1.45 bits per heavy atom. The van der Waals surface area contributed by atoms with E-state index in [1.165, 1.54) is 94.7 Å². The summed E-state index contributed by atoms with van der Waals surface area (Å²) in [6.07, 6.45) is 19.7. The number of benzene rings is 2. The number of hydrogen-bond donors (Lipinski definition) is 1. The third kappa shape index (κ3) is 16.6. The fourth-order valence-electron chi connectivity index (χ4n) is 5.56. The number of nitrogens with zero attached hydrogens (tertiary/aromatic N) is 1. The van der Waals surface area contributed by atoms with Crippen LogP contribution in [0.2, 0.25) is 0 Å². The number of methoxy groups -OCH3 is 1. The van der Waals surface area contributed by atoms with Crippen molar-refractivity contribution in [1.82, 2.24) is 0 Å². The van der Waals surface area contributed by atoms with Crippen LogP contribution >= 0.6 is 19.2 Å². The van der Waals surface area contributed by atoms with Crippen molar-refractivity contribution < 1.29 is 32.5 Å². The molecule has 2 atom stereocenters.